The van der Waals surface area contributed by atoms with Crippen LogP contribution < -0.4 is 0 Å². The number of Topliss-reactive ketones (excluding diaryl/α,β-unsaturated/α-hetero) is 1. The highest BCUT2D eigenvalue weighted by Gasteiger charge is 2.17. The number of likely N-dealkylation sites (tertiary alicyclic amines) is 1. The fourth-order valence-corrected chi connectivity index (χ4v) is 2.92. The van der Waals surface area contributed by atoms with Gasteiger partial charge in [-0.15, -0.1) is 0 Å². The van der Waals surface area contributed by atoms with E-state index in [4.69, 9.17) is 0 Å². The maximum Gasteiger partial charge on any atom is 0.164 e. The van der Waals surface area contributed by atoms with Gasteiger partial charge >= 0.3 is 0 Å². The summed E-state index contributed by atoms with van der Waals surface area (Å²) >= 11 is 0. The van der Waals surface area contributed by atoms with Crippen LogP contribution in [0.3, 0.4) is 0 Å². The van der Waals surface area contributed by atoms with Crippen LogP contribution in [0.15, 0.2) is 18.2 Å². The van der Waals surface area contributed by atoms with Crippen molar-refractivity contribution in [3.8, 4) is 0 Å². The molecule has 2 heteroatoms. The first kappa shape index (κ1) is 14.3. The molecule has 0 bridgehead atoms. The summed E-state index contributed by atoms with van der Waals surface area (Å²) in [6.07, 6.45) is 3.26. The molecule has 1 aliphatic heterocycles. The number of carbonyl (C=O) groups excluding carboxylic acids is 1. The van der Waals surface area contributed by atoms with E-state index >= 15 is 0 Å². The first-order chi connectivity index (χ1) is 9.06. The van der Waals surface area contributed by atoms with E-state index in [-0.39, 0.29) is 0 Å². The Morgan fingerprint density at radius 2 is 2.16 bits per heavy atom. The second kappa shape index (κ2) is 6.33. The molecular weight excluding hydrogens is 234 g/mol. The van der Waals surface area contributed by atoms with Crippen LogP contribution in [-0.4, -0.2) is 30.3 Å². The normalized spacial score (nSPS) is 20.5. The highest BCUT2D eigenvalue weighted by atomic mass is 16.1. The minimum absolute atomic E-state index is 0.291. The van der Waals surface area contributed by atoms with Gasteiger partial charge in [0.2, 0.25) is 0 Å². The van der Waals surface area contributed by atoms with Crippen molar-refractivity contribution in [3.05, 3.63) is 34.9 Å². The number of hydrogen-bond acceptors (Lipinski definition) is 2. The van der Waals surface area contributed by atoms with Gasteiger partial charge in [0.15, 0.2) is 5.78 Å². The molecule has 1 aliphatic rings. The Morgan fingerprint density at radius 1 is 1.37 bits per heavy atom. The zero-order chi connectivity index (χ0) is 13.8. The fourth-order valence-electron chi connectivity index (χ4n) is 2.92. The summed E-state index contributed by atoms with van der Waals surface area (Å²) < 4.78 is 0. The minimum atomic E-state index is 0.291. The molecule has 104 valence electrons. The minimum Gasteiger partial charge on any atom is -0.303 e. The van der Waals surface area contributed by atoms with Crippen molar-refractivity contribution < 1.29 is 4.79 Å². The highest BCUT2D eigenvalue weighted by Crippen LogP contribution is 2.17. The van der Waals surface area contributed by atoms with Crippen LogP contribution in [0.25, 0.3) is 0 Å². The van der Waals surface area contributed by atoms with Gasteiger partial charge in [0.1, 0.15) is 0 Å². The second-order valence-electron chi connectivity index (χ2n) is 6.04. The summed E-state index contributed by atoms with van der Waals surface area (Å²) in [4.78, 5) is 14.8. The van der Waals surface area contributed by atoms with Crippen LogP contribution in [0.1, 0.15) is 47.7 Å². The first-order valence-electron chi connectivity index (χ1n) is 7.39. The lowest BCUT2D eigenvalue weighted by Crippen LogP contribution is -2.35. The van der Waals surface area contributed by atoms with Crippen molar-refractivity contribution in [1.29, 1.82) is 0 Å². The number of hydrogen-bond donors (Lipinski definition) is 0. The first-order valence-corrected chi connectivity index (χ1v) is 7.39. The van der Waals surface area contributed by atoms with Crippen molar-refractivity contribution in [3.63, 3.8) is 0 Å². The summed E-state index contributed by atoms with van der Waals surface area (Å²) in [5.41, 5.74) is 3.17. The van der Waals surface area contributed by atoms with E-state index in [1.54, 1.807) is 0 Å². The standard InChI is InChI=1S/C17H25NO/c1-13-6-7-15(3)16(11-13)17(19)8-10-18-9-4-5-14(2)12-18/h6-7,11,14H,4-5,8-10,12H2,1-3H3. The maximum absolute atomic E-state index is 12.3. The summed E-state index contributed by atoms with van der Waals surface area (Å²) in [6.45, 7) is 9.60. The van der Waals surface area contributed by atoms with Gasteiger partial charge in [0.25, 0.3) is 0 Å². The van der Waals surface area contributed by atoms with E-state index in [2.05, 4.69) is 17.9 Å². The Bertz CT molecular complexity index is 453. The van der Waals surface area contributed by atoms with Crippen molar-refractivity contribution in [2.24, 2.45) is 5.92 Å². The zero-order valence-electron chi connectivity index (χ0n) is 12.4. The molecule has 19 heavy (non-hydrogen) atoms. The lowest BCUT2D eigenvalue weighted by molar-refractivity contribution is 0.0948. The number of ketones is 1. The van der Waals surface area contributed by atoms with Crippen LogP contribution in [0.4, 0.5) is 0 Å². The lowest BCUT2D eigenvalue weighted by atomic mass is 9.98. The molecule has 0 radical (unpaired) electrons. The van der Waals surface area contributed by atoms with E-state index < -0.39 is 0 Å². The van der Waals surface area contributed by atoms with E-state index in [1.165, 1.54) is 18.4 Å². The molecule has 0 spiro atoms. The van der Waals surface area contributed by atoms with Crippen LogP contribution in [0.5, 0.6) is 0 Å². The number of benzene rings is 1. The van der Waals surface area contributed by atoms with Crippen molar-refractivity contribution >= 4 is 5.78 Å². The Labute approximate surface area is 116 Å². The van der Waals surface area contributed by atoms with E-state index in [0.717, 1.165) is 36.7 Å². The maximum atomic E-state index is 12.3. The largest absolute Gasteiger partial charge is 0.303 e. The molecule has 1 unspecified atom stereocenters. The third kappa shape index (κ3) is 3.90. The smallest absolute Gasteiger partial charge is 0.164 e. The van der Waals surface area contributed by atoms with Gasteiger partial charge in [-0.1, -0.05) is 24.6 Å². The summed E-state index contributed by atoms with van der Waals surface area (Å²) in [5.74, 6) is 1.07. The Hall–Kier alpha value is -1.15. The second-order valence-corrected chi connectivity index (χ2v) is 6.04. The molecule has 2 nitrogen and oxygen atoms in total. The van der Waals surface area contributed by atoms with Crippen LogP contribution in [0, 0.1) is 19.8 Å². The Kier molecular flexibility index (Phi) is 4.76. The van der Waals surface area contributed by atoms with Gasteiger partial charge in [0, 0.05) is 25.1 Å². The van der Waals surface area contributed by atoms with Gasteiger partial charge in [-0.2, -0.15) is 0 Å². The monoisotopic (exact) mass is 259 g/mol. The average molecular weight is 259 g/mol. The molecule has 0 aromatic heterocycles. The zero-order valence-corrected chi connectivity index (χ0v) is 12.4. The molecule has 0 amide bonds. The molecule has 2 rings (SSSR count). The predicted molar refractivity (Wildman–Crippen MR) is 79.7 cm³/mol. The number of carbonyl (C=O) groups is 1. The van der Waals surface area contributed by atoms with Crippen molar-refractivity contribution in [1.82, 2.24) is 4.90 Å². The quantitative estimate of drug-likeness (QED) is 0.770. The SMILES string of the molecule is Cc1ccc(C)c(C(=O)CCN2CCCC(C)C2)c1. The fraction of sp³-hybridized carbons (Fsp3) is 0.588. The molecule has 1 aromatic carbocycles. The third-order valence-electron chi connectivity index (χ3n) is 4.09. The van der Waals surface area contributed by atoms with E-state index in [1.807, 2.05) is 26.0 Å². The van der Waals surface area contributed by atoms with Crippen molar-refractivity contribution in [2.45, 2.75) is 40.0 Å². The van der Waals surface area contributed by atoms with Gasteiger partial charge in [-0.05, 0) is 50.8 Å². The Balaban J connectivity index is 1.92. The molecule has 1 atom stereocenters. The van der Waals surface area contributed by atoms with E-state index in [0.29, 0.717) is 12.2 Å². The lowest BCUT2D eigenvalue weighted by Gasteiger charge is -2.30. The predicted octanol–water partition coefficient (Wildman–Crippen LogP) is 3.61. The Morgan fingerprint density at radius 3 is 2.89 bits per heavy atom. The summed E-state index contributed by atoms with van der Waals surface area (Å²) in [5, 5.41) is 0. The molecular formula is C17H25NO. The molecule has 1 heterocycles. The van der Waals surface area contributed by atoms with Crippen LogP contribution in [0.2, 0.25) is 0 Å². The topological polar surface area (TPSA) is 20.3 Å². The van der Waals surface area contributed by atoms with E-state index in [9.17, 15) is 4.79 Å². The number of aryl methyl sites for hydroxylation is 2. The van der Waals surface area contributed by atoms with Crippen LogP contribution >= 0.6 is 0 Å². The molecule has 0 saturated carbocycles. The average Bonchev–Trinajstić information content (AvgIpc) is 2.39. The molecule has 1 fully saturated rings. The number of nitrogens with zero attached hydrogens (tertiary/aromatic N) is 1. The van der Waals surface area contributed by atoms with Gasteiger partial charge in [-0.3, -0.25) is 4.79 Å². The third-order valence-corrected chi connectivity index (χ3v) is 4.09. The molecule has 0 aliphatic carbocycles. The summed E-state index contributed by atoms with van der Waals surface area (Å²) in [6, 6.07) is 6.14. The van der Waals surface area contributed by atoms with Gasteiger partial charge in [0.05, 0.1) is 0 Å². The highest BCUT2D eigenvalue weighted by molar-refractivity contribution is 5.97. The van der Waals surface area contributed by atoms with Crippen molar-refractivity contribution in [2.75, 3.05) is 19.6 Å². The summed E-state index contributed by atoms with van der Waals surface area (Å²) in [7, 11) is 0. The van der Waals surface area contributed by atoms with Gasteiger partial charge in [-0.25, -0.2) is 0 Å². The molecule has 1 saturated heterocycles. The molecule has 1 aromatic rings. The number of piperidine rings is 1. The number of rotatable bonds is 4. The molecule has 0 N–H and O–H groups in total. The van der Waals surface area contributed by atoms with Gasteiger partial charge < -0.3 is 4.90 Å². The van der Waals surface area contributed by atoms with Crippen LogP contribution in [-0.2, 0) is 0 Å².